The first-order valence-electron chi connectivity index (χ1n) is 10.2. The van der Waals surface area contributed by atoms with Crippen molar-refractivity contribution in [2.24, 2.45) is 0 Å². The number of fused-ring (bicyclic) bond motifs is 1. The molecule has 0 unspecified atom stereocenters. The van der Waals surface area contributed by atoms with Crippen LogP contribution >= 0.6 is 11.8 Å². The summed E-state index contributed by atoms with van der Waals surface area (Å²) in [5.41, 5.74) is -1.62. The van der Waals surface area contributed by atoms with Crippen molar-refractivity contribution < 1.29 is 22.4 Å². The van der Waals surface area contributed by atoms with Crippen LogP contribution in [-0.4, -0.2) is 16.4 Å². The molecular formula is C25H18F4N2O2S. The van der Waals surface area contributed by atoms with Crippen LogP contribution < -0.4 is 10.7 Å². The summed E-state index contributed by atoms with van der Waals surface area (Å²) < 4.78 is 51.3. The molecule has 1 heterocycles. The van der Waals surface area contributed by atoms with Gasteiger partial charge >= 0.3 is 5.51 Å². The van der Waals surface area contributed by atoms with Crippen LogP contribution in [0.15, 0.2) is 76.4 Å². The van der Waals surface area contributed by atoms with Gasteiger partial charge in [0.15, 0.2) is 5.43 Å². The number of H-pyrrole nitrogens is 1. The number of pyridine rings is 1. The van der Waals surface area contributed by atoms with Crippen LogP contribution in [0.2, 0.25) is 0 Å². The van der Waals surface area contributed by atoms with Crippen molar-refractivity contribution in [3.8, 4) is 11.3 Å². The first-order valence-corrected chi connectivity index (χ1v) is 11.0. The fourth-order valence-electron chi connectivity index (χ4n) is 3.56. The zero-order valence-corrected chi connectivity index (χ0v) is 18.6. The SMILES string of the molecule is Cc1c(-c2ccc(CNC(=O)c3ccc(SC(F)(F)F)cc3)cc2)[nH]c2cccc(F)c2c1=O. The van der Waals surface area contributed by atoms with Crippen LogP contribution in [0.1, 0.15) is 21.5 Å². The molecule has 34 heavy (non-hydrogen) atoms. The molecule has 0 atom stereocenters. The summed E-state index contributed by atoms with van der Waals surface area (Å²) in [7, 11) is 0. The minimum Gasteiger partial charge on any atom is -0.354 e. The number of alkyl halides is 3. The zero-order valence-electron chi connectivity index (χ0n) is 17.8. The van der Waals surface area contributed by atoms with E-state index in [1.807, 2.05) is 0 Å². The van der Waals surface area contributed by atoms with E-state index in [0.29, 0.717) is 16.8 Å². The molecule has 4 nitrogen and oxygen atoms in total. The van der Waals surface area contributed by atoms with Crippen molar-refractivity contribution in [2.75, 3.05) is 0 Å². The number of benzene rings is 3. The quantitative estimate of drug-likeness (QED) is 0.261. The Bertz CT molecular complexity index is 1410. The Morgan fingerprint density at radius 2 is 1.68 bits per heavy atom. The van der Waals surface area contributed by atoms with Crippen LogP contribution in [0.5, 0.6) is 0 Å². The standard InChI is InChI=1S/C25H18F4N2O2S/c1-14-22(31-20-4-2-3-19(26)21(20)23(14)32)16-7-5-15(6-8-16)13-30-24(33)17-9-11-18(12-10-17)34-25(27,28)29/h2-12H,13H2,1H3,(H,30,33)(H,31,32). The minimum atomic E-state index is -4.38. The number of aromatic amines is 1. The molecule has 3 aromatic carbocycles. The minimum absolute atomic E-state index is 0.00408. The van der Waals surface area contributed by atoms with E-state index < -0.39 is 17.2 Å². The van der Waals surface area contributed by atoms with Gasteiger partial charge in [-0.1, -0.05) is 30.3 Å². The van der Waals surface area contributed by atoms with Crippen LogP contribution in [0.4, 0.5) is 17.6 Å². The normalized spacial score (nSPS) is 11.6. The highest BCUT2D eigenvalue weighted by Crippen LogP contribution is 2.36. The van der Waals surface area contributed by atoms with E-state index in [0.717, 1.165) is 11.1 Å². The van der Waals surface area contributed by atoms with Gasteiger partial charge in [-0.2, -0.15) is 13.2 Å². The molecule has 0 aliphatic carbocycles. The van der Waals surface area contributed by atoms with Gasteiger partial charge in [0.25, 0.3) is 5.91 Å². The molecule has 0 aliphatic rings. The molecule has 174 valence electrons. The topological polar surface area (TPSA) is 62.0 Å². The van der Waals surface area contributed by atoms with Crippen LogP contribution in [-0.2, 0) is 6.54 Å². The number of carbonyl (C=O) groups excluding carboxylic acids is 1. The van der Waals surface area contributed by atoms with Crippen LogP contribution in [0, 0.1) is 12.7 Å². The second-order valence-electron chi connectivity index (χ2n) is 7.57. The van der Waals surface area contributed by atoms with Crippen molar-refractivity contribution in [3.05, 3.63) is 99.5 Å². The van der Waals surface area contributed by atoms with E-state index in [1.54, 1.807) is 37.3 Å². The van der Waals surface area contributed by atoms with Gasteiger partial charge in [-0.25, -0.2) is 4.39 Å². The van der Waals surface area contributed by atoms with Crippen molar-refractivity contribution in [1.82, 2.24) is 10.3 Å². The van der Waals surface area contributed by atoms with E-state index in [1.165, 1.54) is 36.4 Å². The molecule has 2 N–H and O–H groups in total. The van der Waals surface area contributed by atoms with Gasteiger partial charge in [0.2, 0.25) is 0 Å². The Morgan fingerprint density at radius 3 is 2.32 bits per heavy atom. The van der Waals surface area contributed by atoms with Crippen molar-refractivity contribution in [1.29, 1.82) is 0 Å². The Hall–Kier alpha value is -3.59. The Morgan fingerprint density at radius 1 is 1.00 bits per heavy atom. The van der Waals surface area contributed by atoms with Gasteiger partial charge in [0, 0.05) is 22.6 Å². The van der Waals surface area contributed by atoms with Crippen LogP contribution in [0.25, 0.3) is 22.2 Å². The Kier molecular flexibility index (Phi) is 6.47. The first kappa shape index (κ1) is 23.6. The third-order valence-corrected chi connectivity index (χ3v) is 6.00. The summed E-state index contributed by atoms with van der Waals surface area (Å²) >= 11 is -0.239. The third kappa shape index (κ3) is 5.14. The summed E-state index contributed by atoms with van der Waals surface area (Å²) in [6, 6.07) is 16.7. The average Bonchev–Trinajstić information content (AvgIpc) is 2.79. The molecule has 0 saturated carbocycles. The smallest absolute Gasteiger partial charge is 0.354 e. The Labute approximate surface area is 196 Å². The summed E-state index contributed by atoms with van der Waals surface area (Å²) in [6.07, 6.45) is 0. The molecule has 9 heteroatoms. The lowest BCUT2D eigenvalue weighted by Gasteiger charge is -2.11. The molecule has 0 fully saturated rings. The summed E-state index contributed by atoms with van der Waals surface area (Å²) in [5.74, 6) is -0.988. The molecule has 1 aromatic heterocycles. The Balaban J connectivity index is 1.46. The maximum Gasteiger partial charge on any atom is 0.446 e. The lowest BCUT2D eigenvalue weighted by atomic mass is 10.0. The van der Waals surface area contributed by atoms with Gasteiger partial charge < -0.3 is 10.3 Å². The predicted molar refractivity (Wildman–Crippen MR) is 124 cm³/mol. The average molecular weight is 486 g/mol. The number of rotatable bonds is 5. The first-order chi connectivity index (χ1) is 16.1. The largest absolute Gasteiger partial charge is 0.446 e. The number of aromatic nitrogens is 1. The van der Waals surface area contributed by atoms with E-state index in [-0.39, 0.29) is 39.6 Å². The van der Waals surface area contributed by atoms with Crippen molar-refractivity contribution in [3.63, 3.8) is 0 Å². The predicted octanol–water partition coefficient (Wildman–Crippen LogP) is 6.18. The number of carbonyl (C=O) groups is 1. The lowest BCUT2D eigenvalue weighted by Crippen LogP contribution is -2.22. The number of hydrogen-bond acceptors (Lipinski definition) is 3. The number of amides is 1. The lowest BCUT2D eigenvalue weighted by molar-refractivity contribution is -0.0328. The monoisotopic (exact) mass is 486 g/mol. The molecule has 0 aliphatic heterocycles. The number of thioether (sulfide) groups is 1. The van der Waals surface area contributed by atoms with Crippen molar-refractivity contribution >= 4 is 28.6 Å². The van der Waals surface area contributed by atoms with Gasteiger partial charge in [0.05, 0.1) is 16.6 Å². The van der Waals surface area contributed by atoms with Gasteiger partial charge in [-0.15, -0.1) is 0 Å². The fourth-order valence-corrected chi connectivity index (χ4v) is 4.10. The third-order valence-electron chi connectivity index (χ3n) is 5.26. The fraction of sp³-hybridized carbons (Fsp3) is 0.120. The molecule has 0 saturated heterocycles. The summed E-state index contributed by atoms with van der Waals surface area (Å²) in [4.78, 5) is 28.1. The molecule has 0 bridgehead atoms. The second-order valence-corrected chi connectivity index (χ2v) is 8.71. The number of nitrogens with one attached hydrogen (secondary N) is 2. The summed E-state index contributed by atoms with van der Waals surface area (Å²) in [5, 5.41) is 2.75. The molecule has 0 radical (unpaired) electrons. The maximum atomic E-state index is 14.1. The second kappa shape index (κ2) is 9.34. The molecule has 1 amide bonds. The number of hydrogen-bond donors (Lipinski definition) is 2. The molecule has 0 spiro atoms. The molecular weight excluding hydrogens is 468 g/mol. The van der Waals surface area contributed by atoms with Gasteiger partial charge in [-0.05, 0) is 66.2 Å². The maximum absolute atomic E-state index is 14.1. The molecule has 4 aromatic rings. The van der Waals surface area contributed by atoms with E-state index in [2.05, 4.69) is 10.3 Å². The van der Waals surface area contributed by atoms with E-state index in [9.17, 15) is 27.2 Å². The van der Waals surface area contributed by atoms with Gasteiger partial charge in [0.1, 0.15) is 5.82 Å². The summed E-state index contributed by atoms with van der Waals surface area (Å²) in [6.45, 7) is 1.84. The van der Waals surface area contributed by atoms with Crippen molar-refractivity contribution in [2.45, 2.75) is 23.9 Å². The number of halogens is 4. The zero-order chi connectivity index (χ0) is 24.5. The van der Waals surface area contributed by atoms with Crippen LogP contribution in [0.3, 0.4) is 0 Å². The molecule has 4 rings (SSSR count). The highest BCUT2D eigenvalue weighted by atomic mass is 32.2. The van der Waals surface area contributed by atoms with Gasteiger partial charge in [-0.3, -0.25) is 9.59 Å². The van der Waals surface area contributed by atoms with E-state index in [4.69, 9.17) is 0 Å². The van der Waals surface area contributed by atoms with E-state index >= 15 is 0 Å². The highest BCUT2D eigenvalue weighted by molar-refractivity contribution is 8.00. The highest BCUT2D eigenvalue weighted by Gasteiger charge is 2.29.